The van der Waals surface area contributed by atoms with E-state index in [2.05, 4.69) is 60.7 Å². The van der Waals surface area contributed by atoms with Gasteiger partial charge in [0.05, 0.1) is 24.0 Å². The van der Waals surface area contributed by atoms with Crippen molar-refractivity contribution in [2.45, 2.75) is 84.9 Å². The van der Waals surface area contributed by atoms with Crippen LogP contribution in [-0.2, 0) is 13.9 Å². The van der Waals surface area contributed by atoms with Crippen molar-refractivity contribution in [2.75, 3.05) is 5.32 Å². The van der Waals surface area contributed by atoms with Gasteiger partial charge in [-0.3, -0.25) is 5.32 Å². The fraction of sp³-hybridized carbons (Fsp3) is 0.500. The first-order valence-electron chi connectivity index (χ1n) is 13.9. The number of hydrogen-bond donors (Lipinski definition) is 1. The van der Waals surface area contributed by atoms with Crippen LogP contribution in [0.5, 0.6) is 0 Å². The highest BCUT2D eigenvalue weighted by Crippen LogP contribution is 2.48. The Hall–Kier alpha value is -3.28. The predicted molar refractivity (Wildman–Crippen MR) is 164 cm³/mol. The molecule has 1 fully saturated rings. The van der Waals surface area contributed by atoms with Gasteiger partial charge in [-0.2, -0.15) is 9.97 Å². The Labute approximate surface area is 253 Å². The highest BCUT2D eigenvalue weighted by atomic mass is 35.5. The Morgan fingerprint density at radius 1 is 1.12 bits per heavy atom. The average molecular weight is 613 g/mol. The fourth-order valence-corrected chi connectivity index (χ4v) is 6.39. The van der Waals surface area contributed by atoms with Crippen molar-refractivity contribution in [1.82, 2.24) is 19.5 Å². The molecule has 0 saturated heterocycles. The molecule has 42 heavy (non-hydrogen) atoms. The number of nitrogens with one attached hydrogen (secondary N) is 1. The molecule has 3 aromatic rings. The maximum absolute atomic E-state index is 13.2. The van der Waals surface area contributed by atoms with E-state index in [4.69, 9.17) is 25.5 Å². The standard InChI is InChI=1S/C30H39ClN5O5Si/c1-17-19(36-16-32-22-24(31)33-27(34-25(22)36)35-28(38)40-30(5,6)7)15-20(39-26(37)18-13-11-10-12-14-18)21(17)23(29(2,3)4)41-42(8)9/h10-14,16,19-21,23H,1,15H2,2-9H3,(H,33,34,35,38)/t19-,20-,21+,23?/m0/s1. The molecule has 1 aliphatic carbocycles. The van der Waals surface area contributed by atoms with E-state index in [1.807, 2.05) is 10.6 Å². The van der Waals surface area contributed by atoms with Crippen LogP contribution in [0.2, 0.25) is 18.2 Å². The largest absolute Gasteiger partial charge is 0.458 e. The normalized spacial score (nSPS) is 20.1. The SMILES string of the molecule is C=C1[C@@H](C(O[Si](C)C)C(C)(C)C)[C@@H](OC(=O)c2ccccc2)C[C@@H]1n1cnc2c(Cl)nc(NC(=O)OC(C)(C)C)nc21. The van der Waals surface area contributed by atoms with Crippen LogP contribution in [-0.4, -0.2) is 58.4 Å². The molecular weight excluding hydrogens is 574 g/mol. The molecule has 1 radical (unpaired) electrons. The van der Waals surface area contributed by atoms with Crippen molar-refractivity contribution in [3.05, 3.63) is 59.5 Å². The molecule has 0 bridgehead atoms. The predicted octanol–water partition coefficient (Wildman–Crippen LogP) is 6.85. The van der Waals surface area contributed by atoms with Crippen LogP contribution in [0.3, 0.4) is 0 Å². The van der Waals surface area contributed by atoms with Gasteiger partial charge in [-0.15, -0.1) is 0 Å². The molecule has 12 heteroatoms. The maximum atomic E-state index is 13.2. The molecule has 1 saturated carbocycles. The molecule has 2 heterocycles. The number of esters is 1. The summed E-state index contributed by atoms with van der Waals surface area (Å²) in [6, 6.07) is 8.59. The van der Waals surface area contributed by atoms with Gasteiger partial charge >= 0.3 is 12.1 Å². The fourth-order valence-electron chi connectivity index (χ4n) is 5.17. The van der Waals surface area contributed by atoms with E-state index in [9.17, 15) is 9.59 Å². The molecule has 1 unspecified atom stereocenters. The number of nitrogens with zero attached hydrogens (tertiary/aromatic N) is 4. The van der Waals surface area contributed by atoms with Crippen LogP contribution in [0, 0.1) is 11.3 Å². The Balaban J connectivity index is 1.73. The quantitative estimate of drug-likeness (QED) is 0.133. The third kappa shape index (κ3) is 7.19. The minimum atomic E-state index is -1.11. The van der Waals surface area contributed by atoms with E-state index in [0.717, 1.165) is 5.57 Å². The lowest BCUT2D eigenvalue weighted by molar-refractivity contribution is -0.0225. The second-order valence-electron chi connectivity index (χ2n) is 12.8. The lowest BCUT2D eigenvalue weighted by Gasteiger charge is -2.39. The zero-order valence-electron chi connectivity index (χ0n) is 25.4. The van der Waals surface area contributed by atoms with Crippen molar-refractivity contribution in [3.8, 4) is 0 Å². The smallest absolute Gasteiger partial charge is 0.414 e. The number of halogens is 1. The molecule has 1 N–H and O–H groups in total. The molecule has 225 valence electrons. The summed E-state index contributed by atoms with van der Waals surface area (Å²) in [5, 5.41) is 2.64. The van der Waals surface area contributed by atoms with Crippen LogP contribution in [0.4, 0.5) is 10.7 Å². The van der Waals surface area contributed by atoms with Crippen LogP contribution in [0.25, 0.3) is 11.2 Å². The van der Waals surface area contributed by atoms with Crippen molar-refractivity contribution in [3.63, 3.8) is 0 Å². The number of amides is 1. The third-order valence-corrected chi connectivity index (χ3v) is 7.84. The minimum absolute atomic E-state index is 0.0178. The first-order chi connectivity index (χ1) is 19.5. The van der Waals surface area contributed by atoms with Crippen LogP contribution >= 0.6 is 11.6 Å². The Morgan fingerprint density at radius 3 is 2.38 bits per heavy atom. The lowest BCUT2D eigenvalue weighted by Crippen LogP contribution is -2.44. The van der Waals surface area contributed by atoms with Crippen molar-refractivity contribution < 1.29 is 23.5 Å². The van der Waals surface area contributed by atoms with Gasteiger partial charge in [0.15, 0.2) is 10.8 Å². The van der Waals surface area contributed by atoms with E-state index in [-0.39, 0.29) is 34.6 Å². The molecule has 4 rings (SSSR count). The summed E-state index contributed by atoms with van der Waals surface area (Å²) in [5.41, 5.74) is 1.11. The summed E-state index contributed by atoms with van der Waals surface area (Å²) >= 11 is 6.47. The van der Waals surface area contributed by atoms with Gasteiger partial charge in [0.2, 0.25) is 15.0 Å². The van der Waals surface area contributed by atoms with E-state index in [1.165, 1.54) is 0 Å². The number of carbonyl (C=O) groups is 2. The summed E-state index contributed by atoms with van der Waals surface area (Å²) in [6.45, 7) is 20.3. The van der Waals surface area contributed by atoms with Gasteiger partial charge in [0.1, 0.15) is 17.2 Å². The molecule has 1 amide bonds. The number of aromatic nitrogens is 4. The van der Waals surface area contributed by atoms with E-state index < -0.39 is 32.8 Å². The number of ether oxygens (including phenoxy) is 2. The molecule has 1 aromatic carbocycles. The number of imidazole rings is 1. The van der Waals surface area contributed by atoms with Crippen LogP contribution in [0.15, 0.2) is 48.8 Å². The first kappa shape index (κ1) is 31.6. The van der Waals surface area contributed by atoms with E-state index >= 15 is 0 Å². The zero-order chi connectivity index (χ0) is 31.0. The van der Waals surface area contributed by atoms with Gasteiger partial charge in [-0.25, -0.2) is 14.6 Å². The summed E-state index contributed by atoms with van der Waals surface area (Å²) in [6.07, 6.45) is 0.567. The molecule has 0 spiro atoms. The molecule has 2 aromatic heterocycles. The summed E-state index contributed by atoms with van der Waals surface area (Å²) in [4.78, 5) is 38.9. The molecular formula is C30H39ClN5O5Si. The van der Waals surface area contributed by atoms with Gasteiger partial charge in [0.25, 0.3) is 0 Å². The summed E-state index contributed by atoms with van der Waals surface area (Å²) in [5.74, 6) is -0.720. The second kappa shape index (κ2) is 12.1. The van der Waals surface area contributed by atoms with Crippen molar-refractivity contribution in [1.29, 1.82) is 0 Å². The number of rotatable bonds is 7. The van der Waals surface area contributed by atoms with Gasteiger partial charge in [0, 0.05) is 12.3 Å². The van der Waals surface area contributed by atoms with Crippen molar-refractivity contribution in [2.24, 2.45) is 11.3 Å². The van der Waals surface area contributed by atoms with Crippen molar-refractivity contribution >= 4 is 49.8 Å². The number of fused-ring (bicyclic) bond motifs is 1. The summed E-state index contributed by atoms with van der Waals surface area (Å²) in [7, 11) is -1.11. The maximum Gasteiger partial charge on any atom is 0.414 e. The monoisotopic (exact) mass is 612 g/mol. The summed E-state index contributed by atoms with van der Waals surface area (Å²) < 4.78 is 20.0. The zero-order valence-corrected chi connectivity index (χ0v) is 27.2. The highest BCUT2D eigenvalue weighted by molar-refractivity contribution is 6.48. The minimum Gasteiger partial charge on any atom is -0.458 e. The number of hydrogen-bond acceptors (Lipinski definition) is 8. The highest BCUT2D eigenvalue weighted by Gasteiger charge is 2.49. The van der Waals surface area contributed by atoms with Crippen LogP contribution < -0.4 is 5.32 Å². The van der Waals surface area contributed by atoms with Gasteiger partial charge in [-0.1, -0.05) is 57.2 Å². The first-order valence-corrected chi connectivity index (χ1v) is 16.7. The average Bonchev–Trinajstić information content (AvgIpc) is 3.42. The lowest BCUT2D eigenvalue weighted by atomic mass is 9.78. The van der Waals surface area contributed by atoms with E-state index in [0.29, 0.717) is 23.1 Å². The topological polar surface area (TPSA) is 117 Å². The second-order valence-corrected chi connectivity index (χ2v) is 15.2. The van der Waals surface area contributed by atoms with Crippen LogP contribution in [0.1, 0.15) is 64.4 Å². The molecule has 1 aliphatic rings. The Morgan fingerprint density at radius 2 is 1.79 bits per heavy atom. The third-order valence-electron chi connectivity index (χ3n) is 6.85. The molecule has 4 atom stereocenters. The van der Waals surface area contributed by atoms with Gasteiger partial charge in [-0.05, 0) is 57.0 Å². The van der Waals surface area contributed by atoms with E-state index in [1.54, 1.807) is 51.4 Å². The number of anilines is 1. The van der Waals surface area contributed by atoms with Gasteiger partial charge < -0.3 is 18.5 Å². The molecule has 0 aliphatic heterocycles. The Bertz CT molecular complexity index is 1460. The molecule has 10 nitrogen and oxygen atoms in total. The Kier molecular flexibility index (Phi) is 9.15. The number of benzene rings is 1. The number of carbonyl (C=O) groups excluding carboxylic acids is 2.